The molecule has 3 rings (SSSR count). The smallest absolute Gasteiger partial charge is 0.196 e. The van der Waals surface area contributed by atoms with Gasteiger partial charge in [-0.1, -0.05) is 31.0 Å². The van der Waals surface area contributed by atoms with Gasteiger partial charge in [0, 0.05) is 12.6 Å². The van der Waals surface area contributed by atoms with Crippen molar-refractivity contribution in [3.8, 4) is 0 Å². The van der Waals surface area contributed by atoms with E-state index in [1.807, 2.05) is 30.3 Å². The predicted molar refractivity (Wildman–Crippen MR) is 79.4 cm³/mol. The Morgan fingerprint density at radius 3 is 2.63 bits per heavy atom. The lowest BCUT2D eigenvalue weighted by atomic mass is 9.78. The normalized spacial score (nSPS) is 28.0. The third-order valence-electron chi connectivity index (χ3n) is 4.54. The van der Waals surface area contributed by atoms with E-state index >= 15 is 0 Å². The average molecular weight is 257 g/mol. The van der Waals surface area contributed by atoms with Crippen molar-refractivity contribution in [2.24, 2.45) is 16.6 Å². The minimum atomic E-state index is 0.634. The van der Waals surface area contributed by atoms with Crippen LogP contribution in [-0.2, 0) is 0 Å². The van der Waals surface area contributed by atoms with Gasteiger partial charge in [-0.3, -0.25) is 0 Å². The molecule has 0 aromatic heterocycles. The topological polar surface area (TPSA) is 41.6 Å². The number of nitrogens with two attached hydrogens (primary N) is 1. The van der Waals surface area contributed by atoms with Crippen molar-refractivity contribution in [2.75, 3.05) is 6.54 Å². The molecule has 2 N–H and O–H groups in total. The number of aliphatic imine (C=N–C) groups is 1. The number of benzene rings is 1. The fourth-order valence-electron chi connectivity index (χ4n) is 3.61. The second-order valence-corrected chi connectivity index (χ2v) is 5.75. The molecule has 1 heterocycles. The zero-order chi connectivity index (χ0) is 13.1. The number of para-hydroxylation sites is 1. The van der Waals surface area contributed by atoms with Crippen LogP contribution in [-0.4, -0.2) is 23.4 Å². The Morgan fingerprint density at radius 2 is 1.79 bits per heavy atom. The van der Waals surface area contributed by atoms with Crippen LogP contribution in [0.25, 0.3) is 0 Å². The number of fused-ring (bicyclic) bond motifs is 1. The lowest BCUT2D eigenvalue weighted by Crippen LogP contribution is -2.52. The molecule has 3 nitrogen and oxygen atoms in total. The van der Waals surface area contributed by atoms with Crippen molar-refractivity contribution in [3.05, 3.63) is 30.3 Å². The van der Waals surface area contributed by atoms with Gasteiger partial charge < -0.3 is 10.6 Å². The van der Waals surface area contributed by atoms with Crippen molar-refractivity contribution < 1.29 is 0 Å². The third kappa shape index (κ3) is 2.75. The van der Waals surface area contributed by atoms with Crippen molar-refractivity contribution >= 4 is 11.6 Å². The number of nitrogens with zero attached hydrogens (tertiary/aromatic N) is 2. The molecule has 0 radical (unpaired) electrons. The maximum absolute atomic E-state index is 6.26. The first-order chi connectivity index (χ1) is 9.34. The van der Waals surface area contributed by atoms with Crippen molar-refractivity contribution in [1.82, 2.24) is 4.90 Å². The largest absolute Gasteiger partial charge is 0.369 e. The second kappa shape index (κ2) is 5.64. The molecule has 2 aliphatic rings. The summed E-state index contributed by atoms with van der Waals surface area (Å²) >= 11 is 0. The summed E-state index contributed by atoms with van der Waals surface area (Å²) in [5, 5.41) is 0. The van der Waals surface area contributed by atoms with Crippen LogP contribution in [0.1, 0.15) is 38.5 Å². The lowest BCUT2D eigenvalue weighted by Gasteiger charge is -2.44. The zero-order valence-corrected chi connectivity index (χ0v) is 11.5. The van der Waals surface area contributed by atoms with Crippen LogP contribution < -0.4 is 5.73 Å². The van der Waals surface area contributed by atoms with Gasteiger partial charge in [0.15, 0.2) is 5.96 Å². The molecule has 1 aliphatic heterocycles. The van der Waals surface area contributed by atoms with Crippen LogP contribution in [0.3, 0.4) is 0 Å². The molecule has 2 atom stereocenters. The Labute approximate surface area is 115 Å². The van der Waals surface area contributed by atoms with Gasteiger partial charge >= 0.3 is 0 Å². The van der Waals surface area contributed by atoms with Crippen LogP contribution >= 0.6 is 0 Å². The van der Waals surface area contributed by atoms with Crippen molar-refractivity contribution in [3.63, 3.8) is 0 Å². The van der Waals surface area contributed by atoms with Gasteiger partial charge in [-0.2, -0.15) is 0 Å². The highest BCUT2D eigenvalue weighted by atomic mass is 15.3. The van der Waals surface area contributed by atoms with E-state index in [1.165, 1.54) is 38.5 Å². The van der Waals surface area contributed by atoms with Crippen molar-refractivity contribution in [1.29, 1.82) is 0 Å². The Balaban J connectivity index is 1.78. The fourth-order valence-corrected chi connectivity index (χ4v) is 3.61. The fraction of sp³-hybridized carbons (Fsp3) is 0.562. The lowest BCUT2D eigenvalue weighted by molar-refractivity contribution is 0.118. The number of hydrogen-bond donors (Lipinski definition) is 1. The van der Waals surface area contributed by atoms with Gasteiger partial charge in [-0.15, -0.1) is 0 Å². The number of rotatable bonds is 1. The van der Waals surface area contributed by atoms with E-state index < -0.39 is 0 Å². The Hall–Kier alpha value is -1.51. The average Bonchev–Trinajstić information content (AvgIpc) is 2.47. The van der Waals surface area contributed by atoms with Gasteiger partial charge in [-0.25, -0.2) is 4.99 Å². The highest BCUT2D eigenvalue weighted by Crippen LogP contribution is 2.35. The molecular weight excluding hydrogens is 234 g/mol. The molecule has 2 unspecified atom stereocenters. The third-order valence-corrected chi connectivity index (χ3v) is 4.54. The standard InChI is InChI=1S/C16H23N3/c17-16(18-14-9-2-1-3-10-14)19-12-6-8-13-7-4-5-11-15(13)19/h1-3,9-10,13,15H,4-8,11-12H2,(H2,17,18). The van der Waals surface area contributed by atoms with E-state index in [-0.39, 0.29) is 0 Å². The van der Waals surface area contributed by atoms with E-state index in [9.17, 15) is 0 Å². The summed E-state index contributed by atoms with van der Waals surface area (Å²) in [4.78, 5) is 6.96. The number of piperidine rings is 1. The molecule has 2 fully saturated rings. The second-order valence-electron chi connectivity index (χ2n) is 5.75. The molecule has 3 heteroatoms. The van der Waals surface area contributed by atoms with Gasteiger partial charge in [0.05, 0.1) is 5.69 Å². The highest BCUT2D eigenvalue weighted by Gasteiger charge is 2.34. The van der Waals surface area contributed by atoms with Crippen LogP contribution in [0.4, 0.5) is 5.69 Å². The first-order valence-corrected chi connectivity index (χ1v) is 7.50. The molecule has 19 heavy (non-hydrogen) atoms. The van der Waals surface area contributed by atoms with E-state index in [0.717, 1.165) is 18.2 Å². The summed E-state index contributed by atoms with van der Waals surface area (Å²) in [5.74, 6) is 1.55. The van der Waals surface area contributed by atoms with E-state index in [2.05, 4.69) is 9.89 Å². The van der Waals surface area contributed by atoms with Crippen molar-refractivity contribution in [2.45, 2.75) is 44.6 Å². The number of likely N-dealkylation sites (tertiary alicyclic amines) is 1. The maximum atomic E-state index is 6.26. The van der Waals surface area contributed by atoms with Gasteiger partial charge in [0.2, 0.25) is 0 Å². The Kier molecular flexibility index (Phi) is 3.72. The van der Waals surface area contributed by atoms with Gasteiger partial charge in [-0.05, 0) is 43.7 Å². The monoisotopic (exact) mass is 257 g/mol. The first kappa shape index (κ1) is 12.5. The summed E-state index contributed by atoms with van der Waals surface area (Å²) in [7, 11) is 0. The quantitative estimate of drug-likeness (QED) is 0.619. The van der Waals surface area contributed by atoms with Crippen LogP contribution in [0.5, 0.6) is 0 Å². The van der Waals surface area contributed by atoms with Gasteiger partial charge in [0.1, 0.15) is 0 Å². The minimum Gasteiger partial charge on any atom is -0.369 e. The van der Waals surface area contributed by atoms with Crippen LogP contribution in [0.15, 0.2) is 35.3 Å². The highest BCUT2D eigenvalue weighted by molar-refractivity contribution is 5.81. The van der Waals surface area contributed by atoms with E-state index in [0.29, 0.717) is 12.0 Å². The molecule has 1 aromatic rings. The number of guanidine groups is 1. The summed E-state index contributed by atoms with van der Waals surface area (Å²) < 4.78 is 0. The Morgan fingerprint density at radius 1 is 1.05 bits per heavy atom. The molecule has 1 saturated heterocycles. The summed E-state index contributed by atoms with van der Waals surface area (Å²) in [6.07, 6.45) is 8.03. The molecule has 0 spiro atoms. The Bertz CT molecular complexity index is 439. The number of hydrogen-bond acceptors (Lipinski definition) is 1. The van der Waals surface area contributed by atoms with Gasteiger partial charge in [0.25, 0.3) is 0 Å². The first-order valence-electron chi connectivity index (χ1n) is 7.50. The molecule has 0 amide bonds. The molecule has 0 bridgehead atoms. The van der Waals surface area contributed by atoms with E-state index in [4.69, 9.17) is 5.73 Å². The van der Waals surface area contributed by atoms with Crippen LogP contribution in [0.2, 0.25) is 0 Å². The predicted octanol–water partition coefficient (Wildman–Crippen LogP) is 3.29. The summed E-state index contributed by atoms with van der Waals surface area (Å²) in [6, 6.07) is 10.7. The molecule has 1 aromatic carbocycles. The van der Waals surface area contributed by atoms with E-state index in [1.54, 1.807) is 0 Å². The molecule has 1 aliphatic carbocycles. The SMILES string of the molecule is NC(=Nc1ccccc1)N1CCCC2CCCCC21. The molecule has 102 valence electrons. The summed E-state index contributed by atoms with van der Waals surface area (Å²) in [6.45, 7) is 1.07. The maximum Gasteiger partial charge on any atom is 0.196 e. The molecule has 1 saturated carbocycles. The minimum absolute atomic E-state index is 0.634. The zero-order valence-electron chi connectivity index (χ0n) is 11.5. The van der Waals surface area contributed by atoms with Crippen LogP contribution in [0, 0.1) is 5.92 Å². The molecular formula is C16H23N3. The summed E-state index contributed by atoms with van der Waals surface area (Å²) in [5.41, 5.74) is 7.22.